The van der Waals surface area contributed by atoms with Gasteiger partial charge in [-0.3, -0.25) is 0 Å². The number of aliphatic hydroxyl groups is 1. The zero-order chi connectivity index (χ0) is 17.4. The van der Waals surface area contributed by atoms with Gasteiger partial charge in [0.15, 0.2) is 0 Å². The molecular weight excluding hydrogens is 288 g/mol. The first kappa shape index (κ1) is 18.3. The van der Waals surface area contributed by atoms with Gasteiger partial charge in [-0.2, -0.15) is 0 Å². The number of hydrogen-bond donors (Lipinski definition) is 1. The van der Waals surface area contributed by atoms with E-state index in [1.54, 1.807) is 13.0 Å². The van der Waals surface area contributed by atoms with Crippen molar-refractivity contribution in [1.82, 2.24) is 0 Å². The fourth-order valence-corrected chi connectivity index (χ4v) is 4.48. The summed E-state index contributed by atoms with van der Waals surface area (Å²) in [5, 5.41) is 11.6. The van der Waals surface area contributed by atoms with E-state index >= 15 is 0 Å². The molecule has 130 valence electrons. The van der Waals surface area contributed by atoms with Crippen molar-refractivity contribution >= 4 is 5.97 Å². The largest absolute Gasteiger partial charge is 0.454 e. The van der Waals surface area contributed by atoms with E-state index in [-0.39, 0.29) is 18.0 Å². The third-order valence-electron chi connectivity index (χ3n) is 6.34. The Morgan fingerprint density at radius 2 is 2.09 bits per heavy atom. The van der Waals surface area contributed by atoms with Crippen LogP contribution in [0.5, 0.6) is 0 Å². The van der Waals surface area contributed by atoms with Crippen molar-refractivity contribution in [3.05, 3.63) is 23.3 Å². The highest BCUT2D eigenvalue weighted by Crippen LogP contribution is 2.58. The second kappa shape index (κ2) is 6.43. The van der Waals surface area contributed by atoms with Gasteiger partial charge in [0.2, 0.25) is 0 Å². The van der Waals surface area contributed by atoms with Crippen LogP contribution < -0.4 is 0 Å². The molecule has 4 unspecified atom stereocenters. The fraction of sp³-hybridized carbons (Fsp3) is 0.750. The lowest BCUT2D eigenvalue weighted by molar-refractivity contribution is -0.166. The number of carbonyl (C=O) groups excluding carboxylic acids is 1. The van der Waals surface area contributed by atoms with Crippen molar-refractivity contribution in [2.24, 2.45) is 17.3 Å². The fourth-order valence-electron chi connectivity index (χ4n) is 4.48. The number of allylic oxidation sites excluding steroid dienone is 2. The van der Waals surface area contributed by atoms with Gasteiger partial charge in [0.05, 0.1) is 5.60 Å². The van der Waals surface area contributed by atoms with Crippen LogP contribution in [0.25, 0.3) is 0 Å². The molecule has 0 aromatic heterocycles. The van der Waals surface area contributed by atoms with Gasteiger partial charge in [-0.25, -0.2) is 4.79 Å². The minimum Gasteiger partial charge on any atom is -0.454 e. The zero-order valence-electron chi connectivity index (χ0n) is 15.5. The first-order valence-corrected chi connectivity index (χ1v) is 8.89. The Morgan fingerprint density at radius 1 is 1.43 bits per heavy atom. The lowest BCUT2D eigenvalue weighted by Gasteiger charge is -2.46. The van der Waals surface area contributed by atoms with E-state index in [0.717, 1.165) is 25.7 Å². The maximum absolute atomic E-state index is 12.3. The minimum absolute atomic E-state index is 0.260. The van der Waals surface area contributed by atoms with Crippen LogP contribution >= 0.6 is 0 Å². The summed E-state index contributed by atoms with van der Waals surface area (Å²) < 4.78 is 5.86. The quantitative estimate of drug-likeness (QED) is 0.476. The molecule has 0 amide bonds. The average molecular weight is 320 g/mol. The first-order chi connectivity index (χ1) is 10.7. The van der Waals surface area contributed by atoms with Crippen LogP contribution in [-0.2, 0) is 9.53 Å². The lowest BCUT2D eigenvalue weighted by atomic mass is 9.66. The standard InChI is InChI=1S/C20H32O3/c1-7-15(5)18(21)23-17-12-14(4)8-11-20(22)16(13(2)3)9-10-19(17,20)6/h7,12-13,16-17,22H,8-11H2,1-6H3. The van der Waals surface area contributed by atoms with Gasteiger partial charge in [0.25, 0.3) is 0 Å². The normalized spacial score (nSPS) is 38.1. The lowest BCUT2D eigenvalue weighted by Crippen LogP contribution is -2.53. The Bertz CT molecular complexity index is 531. The summed E-state index contributed by atoms with van der Waals surface area (Å²) >= 11 is 0. The molecule has 0 saturated heterocycles. The molecule has 0 aromatic carbocycles. The van der Waals surface area contributed by atoms with E-state index in [0.29, 0.717) is 11.5 Å². The topological polar surface area (TPSA) is 46.5 Å². The molecule has 0 heterocycles. The summed E-state index contributed by atoms with van der Waals surface area (Å²) in [4.78, 5) is 12.3. The summed E-state index contributed by atoms with van der Waals surface area (Å²) in [6.45, 7) is 12.2. The third kappa shape index (κ3) is 3.00. The number of ether oxygens (including phenoxy) is 1. The molecule has 3 nitrogen and oxygen atoms in total. The second-order valence-electron chi connectivity index (χ2n) is 8.04. The van der Waals surface area contributed by atoms with Crippen molar-refractivity contribution in [1.29, 1.82) is 0 Å². The Labute approximate surface area is 140 Å². The van der Waals surface area contributed by atoms with Gasteiger partial charge in [-0.1, -0.05) is 32.4 Å². The van der Waals surface area contributed by atoms with Crippen molar-refractivity contribution in [3.8, 4) is 0 Å². The Kier molecular flexibility index (Phi) is 5.10. The monoisotopic (exact) mass is 320 g/mol. The van der Waals surface area contributed by atoms with Crippen molar-refractivity contribution in [3.63, 3.8) is 0 Å². The number of hydrogen-bond acceptors (Lipinski definition) is 3. The maximum atomic E-state index is 12.3. The predicted molar refractivity (Wildman–Crippen MR) is 92.9 cm³/mol. The Hall–Kier alpha value is -1.09. The first-order valence-electron chi connectivity index (χ1n) is 8.89. The van der Waals surface area contributed by atoms with Crippen LogP contribution in [0.2, 0.25) is 0 Å². The van der Waals surface area contributed by atoms with Crippen molar-refractivity contribution < 1.29 is 14.6 Å². The van der Waals surface area contributed by atoms with E-state index in [2.05, 4.69) is 33.8 Å². The van der Waals surface area contributed by atoms with Crippen LogP contribution in [0.1, 0.15) is 67.2 Å². The van der Waals surface area contributed by atoms with Gasteiger partial charge < -0.3 is 9.84 Å². The molecule has 4 atom stereocenters. The molecule has 1 fully saturated rings. The molecule has 2 aliphatic carbocycles. The molecule has 0 radical (unpaired) electrons. The van der Waals surface area contributed by atoms with Crippen molar-refractivity contribution in [2.75, 3.05) is 0 Å². The predicted octanol–water partition coefficient (Wildman–Crippen LogP) is 4.41. The highest BCUT2D eigenvalue weighted by atomic mass is 16.5. The van der Waals surface area contributed by atoms with Gasteiger partial charge in [0.1, 0.15) is 6.10 Å². The van der Waals surface area contributed by atoms with E-state index in [9.17, 15) is 9.90 Å². The van der Waals surface area contributed by atoms with Crippen LogP contribution in [0.4, 0.5) is 0 Å². The molecular formula is C20H32O3. The molecule has 0 aliphatic heterocycles. The molecule has 2 aliphatic rings. The SMILES string of the molecule is CC=C(C)C(=O)OC1C=C(C)CCC2(O)C(C(C)C)CCC12C. The summed E-state index contributed by atoms with van der Waals surface area (Å²) in [6.07, 6.45) is 6.99. The smallest absolute Gasteiger partial charge is 0.333 e. The summed E-state index contributed by atoms with van der Waals surface area (Å²) in [6, 6.07) is 0. The molecule has 3 heteroatoms. The van der Waals surface area contributed by atoms with E-state index in [1.807, 2.05) is 6.92 Å². The highest BCUT2D eigenvalue weighted by Gasteiger charge is 2.61. The van der Waals surface area contributed by atoms with E-state index in [4.69, 9.17) is 4.74 Å². The number of rotatable bonds is 3. The average Bonchev–Trinajstić information content (AvgIpc) is 2.72. The van der Waals surface area contributed by atoms with E-state index < -0.39 is 11.0 Å². The Morgan fingerprint density at radius 3 is 2.65 bits per heavy atom. The molecule has 1 saturated carbocycles. The molecule has 2 rings (SSSR count). The second-order valence-corrected chi connectivity index (χ2v) is 8.04. The maximum Gasteiger partial charge on any atom is 0.333 e. The van der Waals surface area contributed by atoms with Gasteiger partial charge in [0, 0.05) is 11.0 Å². The number of carbonyl (C=O) groups is 1. The molecule has 0 bridgehead atoms. The molecule has 0 aromatic rings. The zero-order valence-corrected chi connectivity index (χ0v) is 15.5. The molecule has 1 N–H and O–H groups in total. The summed E-state index contributed by atoms with van der Waals surface area (Å²) in [7, 11) is 0. The summed E-state index contributed by atoms with van der Waals surface area (Å²) in [5.74, 6) is 0.407. The Balaban J connectivity index is 2.40. The number of fused-ring (bicyclic) bond motifs is 1. The van der Waals surface area contributed by atoms with Gasteiger partial charge in [-0.05, 0) is 64.4 Å². The third-order valence-corrected chi connectivity index (χ3v) is 6.34. The van der Waals surface area contributed by atoms with Crippen LogP contribution in [-0.4, -0.2) is 22.8 Å². The minimum atomic E-state index is -0.774. The van der Waals surface area contributed by atoms with E-state index in [1.165, 1.54) is 5.57 Å². The van der Waals surface area contributed by atoms with Crippen molar-refractivity contribution in [2.45, 2.75) is 78.9 Å². The molecule has 0 spiro atoms. The van der Waals surface area contributed by atoms with Crippen LogP contribution in [0.3, 0.4) is 0 Å². The highest BCUT2D eigenvalue weighted by molar-refractivity contribution is 5.87. The van der Waals surface area contributed by atoms with Gasteiger partial charge >= 0.3 is 5.97 Å². The number of esters is 1. The van der Waals surface area contributed by atoms with Gasteiger partial charge in [-0.15, -0.1) is 0 Å². The summed E-state index contributed by atoms with van der Waals surface area (Å²) in [5.41, 5.74) is 0.631. The van der Waals surface area contributed by atoms with Crippen LogP contribution in [0.15, 0.2) is 23.3 Å². The molecule has 23 heavy (non-hydrogen) atoms. The van der Waals surface area contributed by atoms with Crippen LogP contribution in [0, 0.1) is 17.3 Å².